The Morgan fingerprint density at radius 2 is 1.97 bits per heavy atom. The summed E-state index contributed by atoms with van der Waals surface area (Å²) in [6.07, 6.45) is 4.55. The number of hydrogen-bond acceptors (Lipinski definition) is 2. The molecule has 0 unspecified atom stereocenters. The van der Waals surface area contributed by atoms with Crippen LogP contribution >= 0.6 is 15.9 Å². The van der Waals surface area contributed by atoms with Crippen LogP contribution in [0.5, 0.6) is 0 Å². The summed E-state index contributed by atoms with van der Waals surface area (Å²) >= 11 is 3.42. The first-order valence-electron chi connectivity index (χ1n) is 10.3. The van der Waals surface area contributed by atoms with Gasteiger partial charge >= 0.3 is 0 Å². The third-order valence-electron chi connectivity index (χ3n) is 6.78. The summed E-state index contributed by atoms with van der Waals surface area (Å²) in [6.45, 7) is 1.75. The van der Waals surface area contributed by atoms with E-state index in [1.807, 2.05) is 24.3 Å². The molecule has 2 aliphatic rings. The van der Waals surface area contributed by atoms with E-state index in [2.05, 4.69) is 69.2 Å². The summed E-state index contributed by atoms with van der Waals surface area (Å²) in [5.74, 6) is 1.00. The Kier molecular flexibility index (Phi) is 4.75. The predicted octanol–water partition coefficient (Wildman–Crippen LogP) is 4.33. The third kappa shape index (κ3) is 3.30. The number of benzene rings is 2. The van der Waals surface area contributed by atoms with Crippen molar-refractivity contribution in [1.29, 1.82) is 0 Å². The van der Waals surface area contributed by atoms with E-state index in [-0.39, 0.29) is 5.91 Å². The number of carbonyl (C=O) groups excluding carboxylic acids is 1. The zero-order valence-corrected chi connectivity index (χ0v) is 18.4. The minimum atomic E-state index is 0.0124. The number of aryl methyl sites for hydroxylation is 1. The first-order valence-corrected chi connectivity index (χ1v) is 11.1. The van der Waals surface area contributed by atoms with Crippen molar-refractivity contribution in [3.05, 3.63) is 69.8 Å². The van der Waals surface area contributed by atoms with Crippen molar-refractivity contribution in [1.82, 2.24) is 14.8 Å². The van der Waals surface area contributed by atoms with Crippen LogP contribution in [0.1, 0.15) is 33.8 Å². The number of fused-ring (bicyclic) bond motifs is 2. The highest BCUT2D eigenvalue weighted by Gasteiger charge is 2.39. The lowest BCUT2D eigenvalue weighted by molar-refractivity contribution is 0.0891. The second-order valence-electron chi connectivity index (χ2n) is 8.64. The molecule has 2 heterocycles. The third-order valence-corrected chi connectivity index (χ3v) is 7.30. The van der Waals surface area contributed by atoms with Crippen LogP contribution in [0.4, 0.5) is 0 Å². The molecule has 5 heteroatoms. The fraction of sp³-hybridized carbons (Fsp3) is 0.375. The number of likely N-dealkylation sites (tertiary alicyclic amines) is 1. The Morgan fingerprint density at radius 3 is 2.76 bits per heavy atom. The molecule has 1 saturated heterocycles. The number of nitrogens with zero attached hydrogens (tertiary/aromatic N) is 2. The van der Waals surface area contributed by atoms with Crippen molar-refractivity contribution in [3.8, 4) is 0 Å². The highest BCUT2D eigenvalue weighted by atomic mass is 79.9. The largest absolute Gasteiger partial charge is 0.352 e. The van der Waals surface area contributed by atoms with Gasteiger partial charge in [-0.2, -0.15) is 0 Å². The predicted molar refractivity (Wildman–Crippen MR) is 120 cm³/mol. The van der Waals surface area contributed by atoms with Gasteiger partial charge in [0.05, 0.1) is 0 Å². The first kappa shape index (κ1) is 18.9. The van der Waals surface area contributed by atoms with Gasteiger partial charge in [0, 0.05) is 59.2 Å². The van der Waals surface area contributed by atoms with E-state index in [0.717, 1.165) is 30.4 Å². The van der Waals surface area contributed by atoms with Gasteiger partial charge in [0.1, 0.15) is 0 Å². The molecular weight excluding hydrogens is 426 g/mol. The summed E-state index contributed by atoms with van der Waals surface area (Å²) in [6, 6.07) is 14.8. The number of carbonyl (C=O) groups is 1. The number of halogens is 1. The molecule has 3 aromatic rings. The van der Waals surface area contributed by atoms with E-state index >= 15 is 0 Å². The maximum Gasteiger partial charge on any atom is 0.251 e. The van der Waals surface area contributed by atoms with Crippen LogP contribution in [0.2, 0.25) is 0 Å². The quantitative estimate of drug-likeness (QED) is 0.643. The van der Waals surface area contributed by atoms with Crippen LogP contribution in [-0.4, -0.2) is 41.6 Å². The molecule has 1 aliphatic carbocycles. The molecule has 0 radical (unpaired) electrons. The molecule has 1 fully saturated rings. The molecule has 0 bridgehead atoms. The zero-order chi connectivity index (χ0) is 20.1. The molecule has 1 amide bonds. The van der Waals surface area contributed by atoms with Crippen molar-refractivity contribution < 1.29 is 4.79 Å². The van der Waals surface area contributed by atoms with Gasteiger partial charge in [-0.3, -0.25) is 4.79 Å². The molecule has 5 rings (SSSR count). The van der Waals surface area contributed by atoms with E-state index in [1.54, 1.807) is 0 Å². The number of nitrogens with one attached hydrogen (secondary N) is 1. The van der Waals surface area contributed by atoms with Crippen LogP contribution in [0, 0.1) is 5.92 Å². The van der Waals surface area contributed by atoms with Gasteiger partial charge in [0.2, 0.25) is 0 Å². The molecule has 0 spiro atoms. The average molecular weight is 452 g/mol. The zero-order valence-electron chi connectivity index (χ0n) is 16.9. The topological polar surface area (TPSA) is 37.3 Å². The second kappa shape index (κ2) is 7.29. The Balaban J connectivity index is 1.35. The van der Waals surface area contributed by atoms with Crippen molar-refractivity contribution in [2.45, 2.75) is 24.8 Å². The monoisotopic (exact) mass is 451 g/mol. The molecule has 4 nitrogen and oxygen atoms in total. The van der Waals surface area contributed by atoms with Crippen LogP contribution in [0.3, 0.4) is 0 Å². The van der Waals surface area contributed by atoms with E-state index in [9.17, 15) is 4.79 Å². The number of piperidine rings is 1. The van der Waals surface area contributed by atoms with Gasteiger partial charge in [0.15, 0.2) is 0 Å². The molecule has 29 heavy (non-hydrogen) atoms. The Bertz CT molecular complexity index is 1070. The Labute approximate surface area is 180 Å². The summed E-state index contributed by atoms with van der Waals surface area (Å²) in [4.78, 5) is 15.1. The summed E-state index contributed by atoms with van der Waals surface area (Å²) in [5.41, 5.74) is 5.02. The highest BCUT2D eigenvalue weighted by molar-refractivity contribution is 9.10. The fourth-order valence-corrected chi connectivity index (χ4v) is 5.68. The van der Waals surface area contributed by atoms with Gasteiger partial charge in [-0.1, -0.05) is 28.1 Å². The fourth-order valence-electron chi connectivity index (χ4n) is 5.42. The van der Waals surface area contributed by atoms with Crippen LogP contribution in [0.15, 0.2) is 53.1 Å². The van der Waals surface area contributed by atoms with Gasteiger partial charge in [0.25, 0.3) is 5.91 Å². The molecule has 0 saturated carbocycles. The van der Waals surface area contributed by atoms with E-state index in [1.165, 1.54) is 22.0 Å². The van der Waals surface area contributed by atoms with Gasteiger partial charge in [-0.15, -0.1) is 0 Å². The highest BCUT2D eigenvalue weighted by Crippen LogP contribution is 2.44. The van der Waals surface area contributed by atoms with Crippen molar-refractivity contribution in [2.75, 3.05) is 20.1 Å². The van der Waals surface area contributed by atoms with Crippen molar-refractivity contribution >= 4 is 32.7 Å². The molecule has 1 aromatic heterocycles. The van der Waals surface area contributed by atoms with Crippen molar-refractivity contribution in [2.24, 2.45) is 13.0 Å². The number of likely N-dealkylation sites (N-methyl/N-ethyl adjacent to an activating group) is 1. The van der Waals surface area contributed by atoms with Crippen LogP contribution in [0.25, 0.3) is 10.9 Å². The minimum absolute atomic E-state index is 0.0124. The maximum atomic E-state index is 12.5. The molecule has 1 aliphatic heterocycles. The van der Waals surface area contributed by atoms with E-state index in [4.69, 9.17) is 0 Å². The lowest BCUT2D eigenvalue weighted by Gasteiger charge is -2.45. The second-order valence-corrected chi connectivity index (χ2v) is 9.56. The van der Waals surface area contributed by atoms with Gasteiger partial charge < -0.3 is 14.8 Å². The molecule has 2 aromatic carbocycles. The van der Waals surface area contributed by atoms with E-state index < -0.39 is 0 Å². The van der Waals surface area contributed by atoms with E-state index in [0.29, 0.717) is 23.4 Å². The lowest BCUT2D eigenvalue weighted by atomic mass is 9.72. The maximum absolute atomic E-state index is 12.5. The molecule has 150 valence electrons. The van der Waals surface area contributed by atoms with Crippen LogP contribution < -0.4 is 5.32 Å². The normalized spacial score (nSPS) is 23.8. The number of amides is 1. The Hall–Kier alpha value is -2.11. The molecule has 3 atom stereocenters. The van der Waals surface area contributed by atoms with Gasteiger partial charge in [-0.25, -0.2) is 0 Å². The average Bonchev–Trinajstić information content (AvgIpc) is 3.04. The molecule has 1 N–H and O–H groups in total. The summed E-state index contributed by atoms with van der Waals surface area (Å²) < 4.78 is 3.25. The molecular formula is C24H26BrN3O. The number of rotatable bonds is 3. The standard InChI is InChI=1S/C24H26BrN3O/c1-27-13-15(12-26-24(29)16-6-8-18(25)9-7-16)10-20-19-4-3-5-21-23(19)17(11-22(20)27)14-28(21)2/h3-9,14-15,20,22H,10-13H2,1-2H3,(H,26,29)/t15-,20+,22+/m0/s1. The first-order chi connectivity index (χ1) is 14.0. The summed E-state index contributed by atoms with van der Waals surface area (Å²) in [5, 5.41) is 4.63. The minimum Gasteiger partial charge on any atom is -0.352 e. The number of aromatic nitrogens is 1. The SMILES string of the molecule is CN1C[C@H](CNC(=O)c2ccc(Br)cc2)C[C@@H]2c3cccc4c3c(cn4C)C[C@H]21. The van der Waals surface area contributed by atoms with Crippen molar-refractivity contribution in [3.63, 3.8) is 0 Å². The number of hydrogen-bond donors (Lipinski definition) is 1. The Morgan fingerprint density at radius 1 is 1.17 bits per heavy atom. The summed E-state index contributed by atoms with van der Waals surface area (Å²) in [7, 11) is 4.39. The smallest absolute Gasteiger partial charge is 0.251 e. The van der Waals surface area contributed by atoms with Gasteiger partial charge in [-0.05, 0) is 67.3 Å². The lowest BCUT2D eigenvalue weighted by Crippen LogP contribution is -2.50. The van der Waals surface area contributed by atoms with Crippen LogP contribution in [-0.2, 0) is 13.5 Å².